The number of rotatable bonds is 9. The van der Waals surface area contributed by atoms with Gasteiger partial charge in [-0.15, -0.1) is 11.8 Å². The van der Waals surface area contributed by atoms with Gasteiger partial charge in [0, 0.05) is 23.7 Å². The first-order chi connectivity index (χ1) is 13.8. The van der Waals surface area contributed by atoms with Gasteiger partial charge in [-0.2, -0.15) is 0 Å². The molecule has 2 amide bonds. The fourth-order valence-corrected chi connectivity index (χ4v) is 3.37. The van der Waals surface area contributed by atoms with Crippen LogP contribution in [0.2, 0.25) is 5.02 Å². The van der Waals surface area contributed by atoms with E-state index in [1.807, 2.05) is 13.8 Å². The van der Waals surface area contributed by atoms with Crippen molar-refractivity contribution in [3.05, 3.63) is 53.1 Å². The fraction of sp³-hybridized carbons (Fsp3) is 0.300. The SMILES string of the molecule is CCN(CC)C(=O)COc1ccc(NC(=O)CSc2ccc(F)c(F)c2)cc1Cl. The highest BCUT2D eigenvalue weighted by atomic mass is 35.5. The summed E-state index contributed by atoms with van der Waals surface area (Å²) in [7, 11) is 0. The summed E-state index contributed by atoms with van der Waals surface area (Å²) >= 11 is 7.24. The van der Waals surface area contributed by atoms with Gasteiger partial charge in [-0.3, -0.25) is 9.59 Å². The van der Waals surface area contributed by atoms with Crippen molar-refractivity contribution in [3.8, 4) is 5.75 Å². The van der Waals surface area contributed by atoms with Gasteiger partial charge in [-0.25, -0.2) is 8.78 Å². The predicted octanol–water partition coefficient (Wildman–Crippen LogP) is 4.60. The van der Waals surface area contributed by atoms with Crippen molar-refractivity contribution in [2.75, 3.05) is 30.8 Å². The van der Waals surface area contributed by atoms with Crippen LogP contribution in [0.5, 0.6) is 5.75 Å². The molecule has 9 heteroatoms. The zero-order chi connectivity index (χ0) is 21.4. The van der Waals surface area contributed by atoms with Crippen molar-refractivity contribution in [2.24, 2.45) is 0 Å². The number of nitrogens with one attached hydrogen (secondary N) is 1. The molecule has 0 radical (unpaired) electrons. The Balaban J connectivity index is 1.88. The van der Waals surface area contributed by atoms with Gasteiger partial charge in [0.15, 0.2) is 18.2 Å². The third-order valence-electron chi connectivity index (χ3n) is 3.94. The molecule has 0 aliphatic carbocycles. The zero-order valence-electron chi connectivity index (χ0n) is 16.0. The van der Waals surface area contributed by atoms with Crippen LogP contribution in [0, 0.1) is 11.6 Å². The Morgan fingerprint density at radius 2 is 1.83 bits per heavy atom. The van der Waals surface area contributed by atoms with E-state index in [1.54, 1.807) is 17.0 Å². The Morgan fingerprint density at radius 3 is 2.45 bits per heavy atom. The average Bonchev–Trinajstić information content (AvgIpc) is 2.69. The van der Waals surface area contributed by atoms with Gasteiger partial charge in [0.25, 0.3) is 5.91 Å². The number of hydrogen-bond donors (Lipinski definition) is 1. The third-order valence-corrected chi connectivity index (χ3v) is 5.23. The molecule has 0 aliphatic rings. The summed E-state index contributed by atoms with van der Waals surface area (Å²) in [6.07, 6.45) is 0. The monoisotopic (exact) mass is 442 g/mol. The second-order valence-corrected chi connectivity index (χ2v) is 7.37. The van der Waals surface area contributed by atoms with E-state index in [0.29, 0.717) is 29.4 Å². The molecule has 0 aromatic heterocycles. The van der Waals surface area contributed by atoms with E-state index in [0.717, 1.165) is 23.9 Å². The van der Waals surface area contributed by atoms with Crippen LogP contribution in [-0.4, -0.2) is 42.2 Å². The van der Waals surface area contributed by atoms with E-state index in [2.05, 4.69) is 5.32 Å². The van der Waals surface area contributed by atoms with Crippen LogP contribution in [0.1, 0.15) is 13.8 Å². The molecule has 0 bridgehead atoms. The van der Waals surface area contributed by atoms with Crippen LogP contribution in [-0.2, 0) is 9.59 Å². The number of benzene rings is 2. The van der Waals surface area contributed by atoms with Gasteiger partial charge in [0.05, 0.1) is 10.8 Å². The zero-order valence-corrected chi connectivity index (χ0v) is 17.6. The molecular weight excluding hydrogens is 422 g/mol. The lowest BCUT2D eigenvalue weighted by atomic mass is 10.3. The summed E-state index contributed by atoms with van der Waals surface area (Å²) in [4.78, 5) is 26.1. The summed E-state index contributed by atoms with van der Waals surface area (Å²) in [5, 5.41) is 2.92. The quantitative estimate of drug-likeness (QED) is 0.577. The number of likely N-dealkylation sites (N-methyl/N-ethyl adjacent to an activating group) is 1. The van der Waals surface area contributed by atoms with Crippen molar-refractivity contribution in [2.45, 2.75) is 18.7 Å². The van der Waals surface area contributed by atoms with Crippen molar-refractivity contribution in [1.82, 2.24) is 4.90 Å². The standard InChI is InChI=1S/C20H21ClF2N2O3S/c1-3-25(4-2)20(27)11-28-18-8-5-13(9-15(18)21)24-19(26)12-29-14-6-7-16(22)17(23)10-14/h5-10H,3-4,11-12H2,1-2H3,(H,24,26). The Bertz CT molecular complexity index is 879. The lowest BCUT2D eigenvalue weighted by Gasteiger charge is -2.19. The number of hydrogen-bond acceptors (Lipinski definition) is 4. The Labute approximate surface area is 177 Å². The highest BCUT2D eigenvalue weighted by molar-refractivity contribution is 8.00. The van der Waals surface area contributed by atoms with Crippen LogP contribution < -0.4 is 10.1 Å². The van der Waals surface area contributed by atoms with Gasteiger partial charge in [-0.05, 0) is 50.2 Å². The maximum absolute atomic E-state index is 13.2. The van der Waals surface area contributed by atoms with Gasteiger partial charge in [0.2, 0.25) is 5.91 Å². The first-order valence-electron chi connectivity index (χ1n) is 8.91. The number of thioether (sulfide) groups is 1. The average molecular weight is 443 g/mol. The minimum atomic E-state index is -0.961. The summed E-state index contributed by atoms with van der Waals surface area (Å²) < 4.78 is 31.6. The van der Waals surface area contributed by atoms with Crippen LogP contribution in [0.4, 0.5) is 14.5 Å². The second kappa shape index (κ2) is 11.0. The maximum atomic E-state index is 13.2. The summed E-state index contributed by atoms with van der Waals surface area (Å²) in [5.74, 6) is -2.02. The number of anilines is 1. The molecule has 0 aliphatic heterocycles. The number of ether oxygens (including phenoxy) is 1. The highest BCUT2D eigenvalue weighted by Crippen LogP contribution is 2.28. The minimum absolute atomic E-state index is 0.0132. The molecule has 29 heavy (non-hydrogen) atoms. The van der Waals surface area contributed by atoms with E-state index in [9.17, 15) is 18.4 Å². The Morgan fingerprint density at radius 1 is 1.10 bits per heavy atom. The summed E-state index contributed by atoms with van der Waals surface area (Å²) in [6.45, 7) is 4.84. The molecule has 0 atom stereocenters. The van der Waals surface area contributed by atoms with Crippen LogP contribution in [0.25, 0.3) is 0 Å². The normalized spacial score (nSPS) is 10.5. The first kappa shape index (κ1) is 23.0. The van der Waals surface area contributed by atoms with Crippen molar-refractivity contribution in [3.63, 3.8) is 0 Å². The summed E-state index contributed by atoms with van der Waals surface area (Å²) in [6, 6.07) is 8.13. The van der Waals surface area contributed by atoms with Crippen LogP contribution >= 0.6 is 23.4 Å². The first-order valence-corrected chi connectivity index (χ1v) is 10.3. The number of amides is 2. The van der Waals surface area contributed by atoms with E-state index in [-0.39, 0.29) is 29.2 Å². The largest absolute Gasteiger partial charge is 0.482 e. The van der Waals surface area contributed by atoms with E-state index >= 15 is 0 Å². The molecular formula is C20H21ClF2N2O3S. The highest BCUT2D eigenvalue weighted by Gasteiger charge is 2.12. The third kappa shape index (κ3) is 6.90. The molecule has 0 fully saturated rings. The number of nitrogens with zero attached hydrogens (tertiary/aromatic N) is 1. The number of carbonyl (C=O) groups is 2. The van der Waals surface area contributed by atoms with Gasteiger partial charge < -0.3 is 15.0 Å². The molecule has 2 rings (SSSR count). The van der Waals surface area contributed by atoms with Gasteiger partial charge in [0.1, 0.15) is 5.75 Å². The van der Waals surface area contributed by atoms with E-state index in [4.69, 9.17) is 16.3 Å². The van der Waals surface area contributed by atoms with Gasteiger partial charge >= 0.3 is 0 Å². The molecule has 0 unspecified atom stereocenters. The van der Waals surface area contributed by atoms with Crippen molar-refractivity contribution in [1.29, 1.82) is 0 Å². The van der Waals surface area contributed by atoms with Crippen LogP contribution in [0.3, 0.4) is 0 Å². The fourth-order valence-electron chi connectivity index (χ4n) is 2.42. The molecule has 5 nitrogen and oxygen atoms in total. The van der Waals surface area contributed by atoms with Crippen LogP contribution in [0.15, 0.2) is 41.3 Å². The molecule has 1 N–H and O–H groups in total. The smallest absolute Gasteiger partial charge is 0.260 e. The second-order valence-electron chi connectivity index (χ2n) is 5.91. The van der Waals surface area contributed by atoms with E-state index < -0.39 is 11.6 Å². The molecule has 2 aromatic carbocycles. The lowest BCUT2D eigenvalue weighted by molar-refractivity contribution is -0.133. The predicted molar refractivity (Wildman–Crippen MR) is 111 cm³/mol. The molecule has 0 saturated heterocycles. The number of carbonyl (C=O) groups excluding carboxylic acids is 2. The van der Waals surface area contributed by atoms with Gasteiger partial charge in [-0.1, -0.05) is 11.6 Å². The minimum Gasteiger partial charge on any atom is -0.482 e. The molecule has 156 valence electrons. The number of halogens is 3. The Hall–Kier alpha value is -2.32. The molecule has 0 spiro atoms. The molecule has 0 heterocycles. The topological polar surface area (TPSA) is 58.6 Å². The van der Waals surface area contributed by atoms with Crippen molar-refractivity contribution >= 4 is 40.9 Å². The summed E-state index contributed by atoms with van der Waals surface area (Å²) in [5.41, 5.74) is 0.452. The van der Waals surface area contributed by atoms with Crippen molar-refractivity contribution < 1.29 is 23.1 Å². The maximum Gasteiger partial charge on any atom is 0.260 e. The molecule has 0 saturated carbocycles. The Kier molecular flexibility index (Phi) is 8.72. The molecule has 2 aromatic rings. The lowest BCUT2D eigenvalue weighted by Crippen LogP contribution is -2.34. The van der Waals surface area contributed by atoms with E-state index in [1.165, 1.54) is 12.1 Å².